The highest BCUT2D eigenvalue weighted by atomic mass is 32.2. The zero-order chi connectivity index (χ0) is 24.7. The van der Waals surface area contributed by atoms with Gasteiger partial charge in [0.2, 0.25) is 15.9 Å². The van der Waals surface area contributed by atoms with Crippen LogP contribution in [0.2, 0.25) is 0 Å². The highest BCUT2D eigenvalue weighted by Gasteiger charge is 2.27. The van der Waals surface area contributed by atoms with Crippen molar-refractivity contribution in [1.82, 2.24) is 4.31 Å². The minimum atomic E-state index is -4.04. The highest BCUT2D eigenvalue weighted by molar-refractivity contribution is 7.89. The normalized spacial score (nSPS) is 11.3. The van der Waals surface area contributed by atoms with E-state index in [-0.39, 0.29) is 28.4 Å². The predicted octanol–water partition coefficient (Wildman–Crippen LogP) is 4.13. The van der Waals surface area contributed by atoms with Crippen molar-refractivity contribution in [2.24, 2.45) is 0 Å². The van der Waals surface area contributed by atoms with E-state index in [9.17, 15) is 23.3 Å². The van der Waals surface area contributed by atoms with Crippen LogP contribution in [-0.2, 0) is 21.4 Å². The molecule has 0 unspecified atom stereocenters. The fourth-order valence-corrected chi connectivity index (χ4v) is 4.73. The maximum Gasteiger partial charge on any atom is 0.274 e. The Hall–Kier alpha value is -3.76. The Morgan fingerprint density at radius 1 is 1.03 bits per heavy atom. The van der Waals surface area contributed by atoms with Crippen LogP contribution >= 0.6 is 0 Å². The first-order valence-electron chi connectivity index (χ1n) is 10.5. The van der Waals surface area contributed by atoms with Gasteiger partial charge in [0.15, 0.2) is 0 Å². The van der Waals surface area contributed by atoms with Crippen LogP contribution < -0.4 is 10.1 Å². The number of anilines is 1. The number of nitro groups is 1. The van der Waals surface area contributed by atoms with Crippen LogP contribution in [0.1, 0.15) is 18.1 Å². The molecule has 0 aliphatic heterocycles. The molecule has 1 N–H and O–H groups in total. The van der Waals surface area contributed by atoms with Gasteiger partial charge in [0, 0.05) is 12.6 Å². The first kappa shape index (κ1) is 24.9. The number of benzene rings is 3. The van der Waals surface area contributed by atoms with Crippen molar-refractivity contribution in [3.63, 3.8) is 0 Å². The number of carbonyl (C=O) groups excluding carboxylic acids is 1. The van der Waals surface area contributed by atoms with Crippen molar-refractivity contribution in [2.75, 3.05) is 18.5 Å². The molecule has 0 spiro atoms. The zero-order valence-electron chi connectivity index (χ0n) is 18.8. The second-order valence-electron chi connectivity index (χ2n) is 7.42. The quantitative estimate of drug-likeness (QED) is 0.342. The number of hydrogen-bond acceptors (Lipinski definition) is 6. The van der Waals surface area contributed by atoms with Crippen molar-refractivity contribution in [2.45, 2.75) is 25.3 Å². The molecule has 0 fully saturated rings. The highest BCUT2D eigenvalue weighted by Crippen LogP contribution is 2.26. The van der Waals surface area contributed by atoms with Gasteiger partial charge in [-0.3, -0.25) is 14.9 Å². The summed E-state index contributed by atoms with van der Waals surface area (Å²) in [5.74, 6) is -0.0796. The van der Waals surface area contributed by atoms with Crippen molar-refractivity contribution in [3.8, 4) is 5.75 Å². The number of ether oxygens (including phenoxy) is 1. The van der Waals surface area contributed by atoms with Gasteiger partial charge in [0.1, 0.15) is 5.75 Å². The van der Waals surface area contributed by atoms with Crippen LogP contribution in [0.15, 0.2) is 77.7 Å². The monoisotopic (exact) mass is 483 g/mol. The average Bonchev–Trinajstić information content (AvgIpc) is 2.81. The predicted molar refractivity (Wildman–Crippen MR) is 128 cm³/mol. The number of sulfonamides is 1. The molecule has 9 nitrogen and oxygen atoms in total. The minimum Gasteiger partial charge on any atom is -0.494 e. The largest absolute Gasteiger partial charge is 0.494 e. The molecule has 0 atom stereocenters. The van der Waals surface area contributed by atoms with Crippen molar-refractivity contribution in [1.29, 1.82) is 0 Å². The standard InChI is InChI=1S/C24H25N3O6S/c1-3-33-20-12-14-21(15-13-20)34(31,32)26(16-19-8-5-4-6-9-19)17-24(28)25-22-10-7-11-23(18(22)2)27(29)30/h4-15H,3,16-17H2,1-2H3,(H,25,28). The summed E-state index contributed by atoms with van der Waals surface area (Å²) in [5.41, 5.74) is 1.10. The third-order valence-corrected chi connectivity index (χ3v) is 6.88. The van der Waals surface area contributed by atoms with Gasteiger partial charge in [-0.2, -0.15) is 4.31 Å². The van der Waals surface area contributed by atoms with Crippen molar-refractivity contribution in [3.05, 3.63) is 94.0 Å². The number of amides is 1. The van der Waals surface area contributed by atoms with E-state index in [4.69, 9.17) is 4.74 Å². The summed E-state index contributed by atoms with van der Waals surface area (Å²) in [6.07, 6.45) is 0. The van der Waals surface area contributed by atoms with Crippen LogP contribution in [-0.4, -0.2) is 36.7 Å². The first-order valence-corrected chi connectivity index (χ1v) is 12.0. The van der Waals surface area contributed by atoms with Gasteiger partial charge in [0.05, 0.1) is 34.2 Å². The Labute approximate surface area is 198 Å². The molecule has 0 aliphatic carbocycles. The Morgan fingerprint density at radius 2 is 1.71 bits per heavy atom. The fraction of sp³-hybridized carbons (Fsp3) is 0.208. The average molecular weight is 484 g/mol. The number of rotatable bonds is 10. The van der Waals surface area contributed by atoms with Crippen LogP contribution in [0.25, 0.3) is 0 Å². The van der Waals surface area contributed by atoms with E-state index >= 15 is 0 Å². The maximum atomic E-state index is 13.4. The second kappa shape index (κ2) is 10.9. The molecule has 0 aliphatic rings. The van der Waals surface area contributed by atoms with Gasteiger partial charge in [-0.25, -0.2) is 8.42 Å². The topological polar surface area (TPSA) is 119 Å². The molecule has 1 amide bonds. The molecule has 3 aromatic rings. The lowest BCUT2D eigenvalue weighted by Crippen LogP contribution is -2.37. The van der Waals surface area contributed by atoms with Gasteiger partial charge >= 0.3 is 0 Å². The van der Waals surface area contributed by atoms with E-state index in [1.165, 1.54) is 37.3 Å². The Balaban J connectivity index is 1.88. The van der Waals surface area contributed by atoms with Crippen LogP contribution in [0, 0.1) is 17.0 Å². The van der Waals surface area contributed by atoms with Gasteiger partial charge in [-0.1, -0.05) is 36.4 Å². The van der Waals surface area contributed by atoms with Crippen molar-refractivity contribution >= 4 is 27.3 Å². The van der Waals surface area contributed by atoms with Gasteiger partial charge in [-0.05, 0) is 49.7 Å². The molecular formula is C24H25N3O6S. The zero-order valence-corrected chi connectivity index (χ0v) is 19.6. The molecule has 0 saturated heterocycles. The number of hydrogen-bond donors (Lipinski definition) is 1. The number of nitrogens with one attached hydrogen (secondary N) is 1. The first-order chi connectivity index (χ1) is 16.2. The lowest BCUT2D eigenvalue weighted by molar-refractivity contribution is -0.385. The van der Waals surface area contributed by atoms with Gasteiger partial charge < -0.3 is 10.1 Å². The Kier molecular flexibility index (Phi) is 7.98. The molecule has 178 valence electrons. The Morgan fingerprint density at radius 3 is 2.32 bits per heavy atom. The summed E-state index contributed by atoms with van der Waals surface area (Å²) in [6, 6.07) is 19.2. The van der Waals surface area contributed by atoms with E-state index in [0.717, 1.165) is 4.31 Å². The molecule has 3 rings (SSSR count). The van der Waals surface area contributed by atoms with Crippen molar-refractivity contribution < 1.29 is 22.9 Å². The molecule has 0 bridgehead atoms. The minimum absolute atomic E-state index is 0.0196. The maximum absolute atomic E-state index is 13.4. The van der Waals surface area contributed by atoms with Crippen LogP contribution in [0.3, 0.4) is 0 Å². The van der Waals surface area contributed by atoms with Gasteiger partial charge in [-0.15, -0.1) is 0 Å². The fourth-order valence-electron chi connectivity index (χ4n) is 3.34. The van der Waals surface area contributed by atoms with E-state index in [0.29, 0.717) is 17.9 Å². The van der Waals surface area contributed by atoms with E-state index in [1.807, 2.05) is 13.0 Å². The summed E-state index contributed by atoms with van der Waals surface area (Å²) >= 11 is 0. The molecule has 0 heterocycles. The number of carbonyl (C=O) groups is 1. The second-order valence-corrected chi connectivity index (χ2v) is 9.36. The number of nitro benzene ring substituents is 1. The summed E-state index contributed by atoms with van der Waals surface area (Å²) in [7, 11) is -4.04. The third kappa shape index (κ3) is 5.97. The summed E-state index contributed by atoms with van der Waals surface area (Å²) in [4.78, 5) is 23.5. The van der Waals surface area contributed by atoms with Crippen LogP contribution in [0.4, 0.5) is 11.4 Å². The molecule has 10 heteroatoms. The smallest absolute Gasteiger partial charge is 0.274 e. The molecule has 0 radical (unpaired) electrons. The molecule has 3 aromatic carbocycles. The lowest BCUT2D eigenvalue weighted by Gasteiger charge is -2.22. The van der Waals surface area contributed by atoms with E-state index < -0.39 is 27.4 Å². The summed E-state index contributed by atoms with van der Waals surface area (Å²) in [5, 5.41) is 13.8. The number of nitrogens with zero attached hydrogens (tertiary/aromatic N) is 2. The van der Waals surface area contributed by atoms with Crippen LogP contribution in [0.5, 0.6) is 5.75 Å². The summed E-state index contributed by atoms with van der Waals surface area (Å²) in [6.45, 7) is 3.29. The summed E-state index contributed by atoms with van der Waals surface area (Å²) < 4.78 is 33.3. The van der Waals surface area contributed by atoms with Gasteiger partial charge in [0.25, 0.3) is 5.69 Å². The third-order valence-electron chi connectivity index (χ3n) is 5.07. The molecular weight excluding hydrogens is 458 g/mol. The van der Waals surface area contributed by atoms with E-state index in [1.54, 1.807) is 36.4 Å². The molecule has 34 heavy (non-hydrogen) atoms. The molecule has 0 saturated carbocycles. The molecule has 0 aromatic heterocycles. The van der Waals surface area contributed by atoms with E-state index in [2.05, 4.69) is 5.32 Å². The SMILES string of the molecule is CCOc1ccc(S(=O)(=O)N(CC(=O)Nc2cccc([N+](=O)[O-])c2C)Cc2ccccc2)cc1. The lowest BCUT2D eigenvalue weighted by atomic mass is 10.1. The Bertz CT molecular complexity index is 1260.